The Morgan fingerprint density at radius 2 is 2.00 bits per heavy atom. The fourth-order valence-corrected chi connectivity index (χ4v) is 0.334. The third-order valence-corrected chi connectivity index (χ3v) is 0.815. The fourth-order valence-electron chi connectivity index (χ4n) is 0.334. The van der Waals surface area contributed by atoms with Crippen molar-refractivity contribution in [3.63, 3.8) is 0 Å². The number of ketones is 1. The molecule has 0 rings (SSSR count). The van der Waals surface area contributed by atoms with Crippen molar-refractivity contribution in [2.45, 2.75) is 13.8 Å². The van der Waals surface area contributed by atoms with Gasteiger partial charge in [-0.2, -0.15) is 0 Å². The topological polar surface area (TPSA) is 66.9 Å². The van der Waals surface area contributed by atoms with Crippen molar-refractivity contribution < 1.29 is 4.79 Å². The highest BCUT2D eigenvalue weighted by Gasteiger charge is 1.97. The summed E-state index contributed by atoms with van der Waals surface area (Å²) < 4.78 is 0. The van der Waals surface area contributed by atoms with Crippen LogP contribution in [-0.4, -0.2) is 12.0 Å². The van der Waals surface area contributed by atoms with Crippen LogP contribution in [0.2, 0.25) is 0 Å². The molecule has 0 bridgehead atoms. The molecule has 0 aromatic rings. The predicted octanol–water partition coefficient (Wildman–Crippen LogP) is 1.26. The van der Waals surface area contributed by atoms with E-state index >= 15 is 0 Å². The van der Waals surface area contributed by atoms with Crippen LogP contribution >= 0.6 is 0 Å². The summed E-state index contributed by atoms with van der Waals surface area (Å²) in [6.07, 6.45) is 3.13. The average Bonchev–Trinajstić information content (AvgIpc) is 2.10. The number of nitrogens with two attached hydrogens (primary N) is 1. The van der Waals surface area contributed by atoms with Gasteiger partial charge in [0.25, 0.3) is 0 Å². The van der Waals surface area contributed by atoms with Crippen LogP contribution in [0.25, 0.3) is 0 Å². The molecule has 0 aromatic heterocycles. The summed E-state index contributed by atoms with van der Waals surface area (Å²) in [6.45, 7) is 7.33. The van der Waals surface area contributed by atoms with E-state index in [0.29, 0.717) is 6.21 Å². The average molecular weight is 154 g/mol. The van der Waals surface area contributed by atoms with Crippen molar-refractivity contribution in [3.05, 3.63) is 24.4 Å². The lowest BCUT2D eigenvalue weighted by Gasteiger charge is -1.88. The number of rotatable bonds is 3. The Morgan fingerprint density at radius 3 is 2.09 bits per heavy atom. The number of hydrogen-bond donors (Lipinski definition) is 2. The first-order valence-electron chi connectivity index (χ1n) is 3.35. The second kappa shape index (κ2) is 8.62. The molecule has 62 valence electrons. The van der Waals surface area contributed by atoms with Crippen LogP contribution in [0.1, 0.15) is 13.8 Å². The van der Waals surface area contributed by atoms with Crippen LogP contribution in [0.15, 0.2) is 24.4 Å². The molecule has 11 heavy (non-hydrogen) atoms. The van der Waals surface area contributed by atoms with Gasteiger partial charge in [-0.1, -0.05) is 26.5 Å². The maximum absolute atomic E-state index is 10.5. The van der Waals surface area contributed by atoms with E-state index < -0.39 is 5.78 Å². The van der Waals surface area contributed by atoms with Gasteiger partial charge in [0.05, 0.1) is 6.21 Å². The van der Waals surface area contributed by atoms with E-state index in [-0.39, 0.29) is 5.57 Å². The highest BCUT2D eigenvalue weighted by Crippen LogP contribution is 1.91. The lowest BCUT2D eigenvalue weighted by atomic mass is 10.2. The molecule has 0 saturated heterocycles. The van der Waals surface area contributed by atoms with Crippen molar-refractivity contribution in [1.29, 1.82) is 5.41 Å². The van der Waals surface area contributed by atoms with Gasteiger partial charge in [-0.05, 0) is 0 Å². The van der Waals surface area contributed by atoms with Crippen LogP contribution in [0.5, 0.6) is 0 Å². The summed E-state index contributed by atoms with van der Waals surface area (Å²) in [5.41, 5.74) is 5.26. The van der Waals surface area contributed by atoms with Gasteiger partial charge in [0.1, 0.15) is 0 Å². The Kier molecular flexibility index (Phi) is 9.65. The lowest BCUT2D eigenvalue weighted by molar-refractivity contribution is -0.109. The normalized spacial score (nSPS) is 9.09. The largest absolute Gasteiger partial charge is 0.404 e. The summed E-state index contributed by atoms with van der Waals surface area (Å²) in [7, 11) is 0. The zero-order valence-electron chi connectivity index (χ0n) is 6.92. The number of nitrogens with one attached hydrogen (secondary N) is 1. The van der Waals surface area contributed by atoms with Crippen molar-refractivity contribution in [3.8, 4) is 0 Å². The summed E-state index contributed by atoms with van der Waals surface area (Å²) in [6, 6.07) is 0. The number of carbonyl (C=O) groups excluding carboxylic acids is 1. The Hall–Kier alpha value is -1.38. The molecule has 3 nitrogen and oxygen atoms in total. The van der Waals surface area contributed by atoms with E-state index in [1.54, 1.807) is 0 Å². The molecule has 0 radical (unpaired) electrons. The van der Waals surface area contributed by atoms with Gasteiger partial charge in [-0.3, -0.25) is 4.79 Å². The second-order valence-electron chi connectivity index (χ2n) is 1.33. The van der Waals surface area contributed by atoms with Crippen LogP contribution in [0.4, 0.5) is 0 Å². The van der Waals surface area contributed by atoms with Crippen molar-refractivity contribution in [1.82, 2.24) is 0 Å². The Bertz CT molecular complexity index is 171. The van der Waals surface area contributed by atoms with E-state index in [1.807, 2.05) is 13.8 Å². The molecule has 0 aliphatic carbocycles. The van der Waals surface area contributed by atoms with Gasteiger partial charge in [0.2, 0.25) is 5.78 Å². The molecule has 0 heterocycles. The van der Waals surface area contributed by atoms with Gasteiger partial charge in [-0.25, -0.2) is 0 Å². The first-order chi connectivity index (χ1) is 5.26. The van der Waals surface area contributed by atoms with Crippen molar-refractivity contribution in [2.24, 2.45) is 5.73 Å². The highest BCUT2D eigenvalue weighted by atomic mass is 16.1. The molecule has 0 aliphatic heterocycles. The molecule has 0 unspecified atom stereocenters. The molecule has 0 amide bonds. The van der Waals surface area contributed by atoms with E-state index in [1.165, 1.54) is 6.08 Å². The third kappa shape index (κ3) is 5.08. The van der Waals surface area contributed by atoms with Crippen LogP contribution in [0.3, 0.4) is 0 Å². The van der Waals surface area contributed by atoms with Crippen molar-refractivity contribution in [2.75, 3.05) is 0 Å². The monoisotopic (exact) mass is 154 g/mol. The molecule has 0 aromatic carbocycles. The van der Waals surface area contributed by atoms with Crippen LogP contribution < -0.4 is 5.73 Å². The first-order valence-corrected chi connectivity index (χ1v) is 3.35. The lowest BCUT2D eigenvalue weighted by Crippen LogP contribution is -2.02. The van der Waals surface area contributed by atoms with E-state index in [0.717, 1.165) is 6.20 Å². The summed E-state index contributed by atoms with van der Waals surface area (Å²) in [4.78, 5) is 10.5. The molecule has 0 spiro atoms. The van der Waals surface area contributed by atoms with E-state index in [9.17, 15) is 4.79 Å². The summed E-state index contributed by atoms with van der Waals surface area (Å²) in [5, 5.41) is 6.53. The Morgan fingerprint density at radius 1 is 1.55 bits per heavy atom. The molecule has 3 N–H and O–H groups in total. The quantitative estimate of drug-likeness (QED) is 0.365. The second-order valence-corrected chi connectivity index (χ2v) is 1.33. The molecule has 0 atom stereocenters. The summed E-state index contributed by atoms with van der Waals surface area (Å²) in [5.74, 6) is -0.424. The number of carbonyl (C=O) groups is 1. The molecular weight excluding hydrogens is 140 g/mol. The van der Waals surface area contributed by atoms with Crippen molar-refractivity contribution >= 4 is 12.0 Å². The fraction of sp³-hybridized carbons (Fsp3) is 0.250. The number of allylic oxidation sites excluding steroid dienone is 2. The molecular formula is C8H14N2O. The Balaban J connectivity index is 0. The van der Waals surface area contributed by atoms with Crippen LogP contribution in [-0.2, 0) is 4.79 Å². The maximum atomic E-state index is 10.5. The number of Topliss-reactive ketones (excluding diaryl/α,β-unsaturated/α-hetero) is 1. The SMILES string of the molecule is C=C/C(=C/N)C(=O)C=N.CC. The maximum Gasteiger partial charge on any atom is 0.204 e. The molecule has 0 aliphatic rings. The molecule has 0 saturated carbocycles. The minimum absolute atomic E-state index is 0.255. The van der Waals surface area contributed by atoms with Gasteiger partial charge in [-0.15, -0.1) is 0 Å². The standard InChI is InChI=1S/C6H8N2O.C2H6/c1-2-5(3-7)6(9)4-8;1-2/h2-4,8H,1,7H2;1-2H3/b5-3-,8-4?;. The minimum atomic E-state index is -0.424. The third-order valence-electron chi connectivity index (χ3n) is 0.815. The summed E-state index contributed by atoms with van der Waals surface area (Å²) >= 11 is 0. The predicted molar refractivity (Wildman–Crippen MR) is 47.6 cm³/mol. The smallest absolute Gasteiger partial charge is 0.204 e. The zero-order chi connectivity index (χ0) is 9.28. The van der Waals surface area contributed by atoms with E-state index in [4.69, 9.17) is 11.1 Å². The molecule has 0 fully saturated rings. The highest BCUT2D eigenvalue weighted by molar-refractivity contribution is 6.34. The van der Waals surface area contributed by atoms with Gasteiger partial charge in [0.15, 0.2) is 0 Å². The first kappa shape index (κ1) is 12.3. The van der Waals surface area contributed by atoms with Crippen LogP contribution in [0, 0.1) is 5.41 Å². The van der Waals surface area contributed by atoms with E-state index in [2.05, 4.69) is 6.58 Å². The van der Waals surface area contributed by atoms with Gasteiger partial charge in [0, 0.05) is 11.8 Å². The Labute approximate surface area is 67.1 Å². The van der Waals surface area contributed by atoms with Gasteiger partial charge < -0.3 is 11.1 Å². The molecule has 3 heteroatoms. The number of hydrogen-bond acceptors (Lipinski definition) is 3. The minimum Gasteiger partial charge on any atom is -0.404 e. The van der Waals surface area contributed by atoms with Gasteiger partial charge >= 0.3 is 0 Å². The zero-order valence-corrected chi connectivity index (χ0v) is 6.92.